The van der Waals surface area contributed by atoms with E-state index in [4.69, 9.17) is 5.73 Å². The summed E-state index contributed by atoms with van der Waals surface area (Å²) in [6.07, 6.45) is 2.24. The lowest BCUT2D eigenvalue weighted by molar-refractivity contribution is 0.504. The van der Waals surface area contributed by atoms with E-state index >= 15 is 0 Å². The molecule has 0 aliphatic rings. The van der Waals surface area contributed by atoms with Crippen molar-refractivity contribution in [3.63, 3.8) is 0 Å². The molecule has 0 aliphatic carbocycles. The minimum absolute atomic E-state index is 0.331. The molecular weight excluding hydrogens is 212 g/mol. The van der Waals surface area contributed by atoms with Crippen LogP contribution in [0.5, 0.6) is 0 Å². The van der Waals surface area contributed by atoms with Gasteiger partial charge < -0.3 is 10.6 Å². The van der Waals surface area contributed by atoms with Crippen LogP contribution in [0.1, 0.15) is 52.3 Å². The quantitative estimate of drug-likeness (QED) is 0.858. The fourth-order valence-electron chi connectivity index (χ4n) is 2.27. The maximum atomic E-state index is 6.16. The van der Waals surface area contributed by atoms with E-state index in [0.717, 1.165) is 30.0 Å². The second-order valence-electron chi connectivity index (χ2n) is 4.94. The summed E-state index contributed by atoms with van der Waals surface area (Å²) < 4.78 is 2.03. The van der Waals surface area contributed by atoms with E-state index in [0.29, 0.717) is 12.1 Å². The number of rotatable bonds is 5. The minimum Gasteiger partial charge on any atom is -0.394 e. The molecule has 0 fully saturated rings. The molecule has 0 saturated heterocycles. The number of hydrogen-bond acceptors (Lipinski definition) is 3. The van der Waals surface area contributed by atoms with E-state index in [1.165, 1.54) is 0 Å². The summed E-state index contributed by atoms with van der Waals surface area (Å²) in [5.74, 6) is 1.06. The van der Waals surface area contributed by atoms with Gasteiger partial charge in [-0.15, -0.1) is 0 Å². The van der Waals surface area contributed by atoms with Crippen LogP contribution in [0.15, 0.2) is 0 Å². The number of hydrogen-bond donors (Lipinski definition) is 1. The molecule has 0 bridgehead atoms. The van der Waals surface area contributed by atoms with Crippen molar-refractivity contribution in [3.8, 4) is 0 Å². The summed E-state index contributed by atoms with van der Waals surface area (Å²) >= 11 is 0. The number of aryl methyl sites for hydroxylation is 1. The van der Waals surface area contributed by atoms with Gasteiger partial charge in [0.15, 0.2) is 5.82 Å². The lowest BCUT2D eigenvalue weighted by Gasteiger charge is -2.30. The number of nitrogen functional groups attached to an aromatic ring is 1. The van der Waals surface area contributed by atoms with Gasteiger partial charge in [-0.3, -0.25) is 0 Å². The fourth-order valence-corrected chi connectivity index (χ4v) is 2.27. The highest BCUT2D eigenvalue weighted by molar-refractivity contribution is 5.66. The van der Waals surface area contributed by atoms with E-state index in [-0.39, 0.29) is 0 Å². The Hall–Kier alpha value is -1.19. The van der Waals surface area contributed by atoms with E-state index in [9.17, 15) is 0 Å². The Balaban J connectivity index is 3.19. The van der Waals surface area contributed by atoms with Crippen LogP contribution in [-0.4, -0.2) is 22.9 Å². The van der Waals surface area contributed by atoms with Crippen LogP contribution in [0.2, 0.25) is 0 Å². The largest absolute Gasteiger partial charge is 0.394 e. The Kier molecular flexibility index (Phi) is 4.43. The zero-order valence-electron chi connectivity index (χ0n) is 12.0. The van der Waals surface area contributed by atoms with Crippen LogP contribution in [0, 0.1) is 6.92 Å². The van der Waals surface area contributed by atoms with Crippen molar-refractivity contribution in [1.29, 1.82) is 0 Å². The summed E-state index contributed by atoms with van der Waals surface area (Å²) in [4.78, 5) is 2.27. The zero-order valence-corrected chi connectivity index (χ0v) is 12.0. The first-order chi connectivity index (χ1) is 7.93. The van der Waals surface area contributed by atoms with Gasteiger partial charge in [-0.25, -0.2) is 4.68 Å². The van der Waals surface area contributed by atoms with Gasteiger partial charge in [-0.1, -0.05) is 13.8 Å². The van der Waals surface area contributed by atoms with E-state index in [2.05, 4.69) is 44.7 Å². The van der Waals surface area contributed by atoms with Gasteiger partial charge >= 0.3 is 0 Å². The maximum Gasteiger partial charge on any atom is 0.150 e. The van der Waals surface area contributed by atoms with Crippen molar-refractivity contribution in [1.82, 2.24) is 9.78 Å². The molecule has 0 aliphatic heterocycles. The average molecular weight is 238 g/mol. The van der Waals surface area contributed by atoms with Crippen LogP contribution < -0.4 is 10.6 Å². The van der Waals surface area contributed by atoms with Crippen LogP contribution in [0.4, 0.5) is 11.5 Å². The SMILES string of the molecule is CCC(CC)N(C)c1c(N)c(C)nn1C(C)C. The Labute approximate surface area is 105 Å². The first-order valence-corrected chi connectivity index (χ1v) is 6.51. The Bertz CT molecular complexity index is 364. The molecule has 0 radical (unpaired) electrons. The zero-order chi connectivity index (χ0) is 13.2. The Morgan fingerprint density at radius 3 is 2.24 bits per heavy atom. The number of nitrogens with zero attached hydrogens (tertiary/aromatic N) is 3. The van der Waals surface area contributed by atoms with Gasteiger partial charge in [0.2, 0.25) is 0 Å². The third kappa shape index (κ3) is 2.56. The lowest BCUT2D eigenvalue weighted by atomic mass is 10.1. The predicted octanol–water partition coefficient (Wildman–Crippen LogP) is 2.98. The van der Waals surface area contributed by atoms with Crippen LogP contribution in [-0.2, 0) is 0 Å². The summed E-state index contributed by atoms with van der Waals surface area (Å²) in [5, 5.41) is 4.53. The summed E-state index contributed by atoms with van der Waals surface area (Å²) in [6.45, 7) is 10.7. The lowest BCUT2D eigenvalue weighted by Crippen LogP contribution is -2.33. The van der Waals surface area contributed by atoms with E-state index in [1.807, 2.05) is 11.6 Å². The molecule has 1 rings (SSSR count). The molecule has 0 spiro atoms. The maximum absolute atomic E-state index is 6.16. The van der Waals surface area contributed by atoms with E-state index in [1.54, 1.807) is 0 Å². The topological polar surface area (TPSA) is 47.1 Å². The van der Waals surface area contributed by atoms with Crippen molar-refractivity contribution in [2.75, 3.05) is 17.7 Å². The molecule has 1 aromatic heterocycles. The third-order valence-electron chi connectivity index (χ3n) is 3.42. The van der Waals surface area contributed by atoms with Gasteiger partial charge in [-0.05, 0) is 33.6 Å². The Morgan fingerprint density at radius 1 is 1.29 bits per heavy atom. The smallest absolute Gasteiger partial charge is 0.150 e. The van der Waals surface area contributed by atoms with Crippen LogP contribution in [0.3, 0.4) is 0 Å². The van der Waals surface area contributed by atoms with Gasteiger partial charge in [0.1, 0.15) is 0 Å². The molecule has 0 amide bonds. The van der Waals surface area contributed by atoms with Gasteiger partial charge in [0, 0.05) is 19.1 Å². The second-order valence-corrected chi connectivity index (χ2v) is 4.94. The minimum atomic E-state index is 0.331. The monoisotopic (exact) mass is 238 g/mol. The highest BCUT2D eigenvalue weighted by atomic mass is 15.4. The van der Waals surface area contributed by atoms with Crippen molar-refractivity contribution < 1.29 is 0 Å². The average Bonchev–Trinajstić information content (AvgIpc) is 2.57. The highest BCUT2D eigenvalue weighted by Gasteiger charge is 2.21. The first-order valence-electron chi connectivity index (χ1n) is 6.51. The first kappa shape index (κ1) is 13.9. The van der Waals surface area contributed by atoms with Crippen molar-refractivity contribution in [2.45, 2.75) is 59.5 Å². The summed E-state index contributed by atoms with van der Waals surface area (Å²) in [6, 6.07) is 0.851. The van der Waals surface area contributed by atoms with Crippen LogP contribution in [0.25, 0.3) is 0 Å². The molecular formula is C13H26N4. The molecule has 4 heteroatoms. The fraction of sp³-hybridized carbons (Fsp3) is 0.769. The Morgan fingerprint density at radius 2 is 1.82 bits per heavy atom. The predicted molar refractivity (Wildman–Crippen MR) is 74.5 cm³/mol. The molecule has 0 saturated carbocycles. The van der Waals surface area contributed by atoms with Crippen LogP contribution >= 0.6 is 0 Å². The second kappa shape index (κ2) is 5.43. The number of nitrogens with two attached hydrogens (primary N) is 1. The molecule has 98 valence electrons. The molecule has 4 nitrogen and oxygen atoms in total. The van der Waals surface area contributed by atoms with E-state index < -0.39 is 0 Å². The summed E-state index contributed by atoms with van der Waals surface area (Å²) in [7, 11) is 2.11. The molecule has 0 unspecified atom stereocenters. The highest BCUT2D eigenvalue weighted by Crippen LogP contribution is 2.30. The standard InChI is InChI=1S/C13H26N4/c1-7-11(8-2)16(6)13-12(14)10(5)15-17(13)9(3)4/h9,11H,7-8,14H2,1-6H3. The van der Waals surface area contributed by atoms with Crippen molar-refractivity contribution >= 4 is 11.5 Å². The summed E-state index contributed by atoms with van der Waals surface area (Å²) in [5.41, 5.74) is 7.90. The number of aromatic nitrogens is 2. The molecule has 2 N–H and O–H groups in total. The molecule has 1 heterocycles. The molecule has 0 atom stereocenters. The van der Waals surface area contributed by atoms with Gasteiger partial charge in [0.05, 0.1) is 11.4 Å². The number of anilines is 2. The normalized spacial score (nSPS) is 11.5. The van der Waals surface area contributed by atoms with Gasteiger partial charge in [-0.2, -0.15) is 5.10 Å². The van der Waals surface area contributed by atoms with Crippen molar-refractivity contribution in [2.24, 2.45) is 0 Å². The van der Waals surface area contributed by atoms with Crippen molar-refractivity contribution in [3.05, 3.63) is 5.69 Å². The third-order valence-corrected chi connectivity index (χ3v) is 3.42. The molecule has 17 heavy (non-hydrogen) atoms. The molecule has 1 aromatic rings. The van der Waals surface area contributed by atoms with Gasteiger partial charge in [0.25, 0.3) is 0 Å². The molecule has 0 aromatic carbocycles.